The highest BCUT2D eigenvalue weighted by atomic mass is 16.5. The minimum absolute atomic E-state index is 0.342. The van der Waals surface area contributed by atoms with Gasteiger partial charge in [-0.2, -0.15) is 0 Å². The molecule has 1 aromatic rings. The van der Waals surface area contributed by atoms with Crippen molar-refractivity contribution >= 4 is 5.96 Å². The zero-order valence-electron chi connectivity index (χ0n) is 15.4. The van der Waals surface area contributed by atoms with E-state index in [2.05, 4.69) is 46.6 Å². The van der Waals surface area contributed by atoms with Crippen LogP contribution in [0.2, 0.25) is 0 Å². The second-order valence-electron chi connectivity index (χ2n) is 6.04. The predicted molar refractivity (Wildman–Crippen MR) is 93.4 cm³/mol. The Kier molecular flexibility index (Phi) is 8.61. The molecule has 1 unspecified atom stereocenters. The lowest BCUT2D eigenvalue weighted by atomic mass is 10.1. The quantitative estimate of drug-likeness (QED) is 0.410. The van der Waals surface area contributed by atoms with Gasteiger partial charge in [0.1, 0.15) is 12.4 Å². The molecule has 132 valence electrons. The summed E-state index contributed by atoms with van der Waals surface area (Å²) in [6.07, 6.45) is 0.952. The maximum atomic E-state index is 5.36. The fraction of sp³-hybridized carbons (Fsp3) is 0.812. The lowest BCUT2D eigenvalue weighted by Crippen LogP contribution is -2.44. The molecule has 0 aromatic carbocycles. The summed E-state index contributed by atoms with van der Waals surface area (Å²) in [6, 6.07) is 0.342. The molecule has 0 saturated heterocycles. The molecular formula is C16H32N6O. The van der Waals surface area contributed by atoms with Gasteiger partial charge >= 0.3 is 0 Å². The number of nitrogens with zero attached hydrogens (tertiary/aromatic N) is 4. The molecule has 1 aromatic heterocycles. The first-order valence-electron chi connectivity index (χ1n) is 8.43. The zero-order valence-corrected chi connectivity index (χ0v) is 15.4. The number of aliphatic imine (C=N–C) groups is 1. The van der Waals surface area contributed by atoms with Crippen molar-refractivity contribution in [3.63, 3.8) is 0 Å². The summed E-state index contributed by atoms with van der Waals surface area (Å²) in [5.74, 6) is 3.09. The third-order valence-corrected chi connectivity index (χ3v) is 3.89. The molecule has 1 heterocycles. The summed E-state index contributed by atoms with van der Waals surface area (Å²) in [6.45, 7) is 13.3. The average Bonchev–Trinajstić information content (AvgIpc) is 2.83. The second-order valence-corrected chi connectivity index (χ2v) is 6.04. The molecule has 7 nitrogen and oxygen atoms in total. The Morgan fingerprint density at radius 3 is 2.61 bits per heavy atom. The van der Waals surface area contributed by atoms with Gasteiger partial charge < -0.3 is 19.9 Å². The van der Waals surface area contributed by atoms with Crippen LogP contribution in [0.5, 0.6) is 0 Å². The van der Waals surface area contributed by atoms with E-state index in [-0.39, 0.29) is 0 Å². The molecule has 0 aliphatic rings. The number of hydrogen-bond donors (Lipinski definition) is 2. The maximum Gasteiger partial charge on any atom is 0.191 e. The molecule has 23 heavy (non-hydrogen) atoms. The lowest BCUT2D eigenvalue weighted by molar-refractivity contribution is 0.145. The number of hydrogen-bond acceptors (Lipinski definition) is 4. The first-order chi connectivity index (χ1) is 11.0. The van der Waals surface area contributed by atoms with Crippen LogP contribution in [0.15, 0.2) is 4.99 Å². The SMILES string of the molecule is CCOCCCNC(=NCc1nnc(C)n1C)NC(C)C(C)C. The number of aryl methyl sites for hydroxylation is 1. The highest BCUT2D eigenvalue weighted by Gasteiger charge is 2.10. The van der Waals surface area contributed by atoms with Crippen LogP contribution in [0.4, 0.5) is 0 Å². The van der Waals surface area contributed by atoms with Gasteiger partial charge in [0.05, 0.1) is 0 Å². The largest absolute Gasteiger partial charge is 0.382 e. The number of guanidine groups is 1. The molecule has 7 heteroatoms. The Morgan fingerprint density at radius 2 is 2.04 bits per heavy atom. The summed E-state index contributed by atoms with van der Waals surface area (Å²) in [5.41, 5.74) is 0. The molecule has 0 amide bonds. The second kappa shape index (κ2) is 10.2. The molecule has 1 atom stereocenters. The van der Waals surface area contributed by atoms with Crippen LogP contribution in [-0.2, 0) is 18.3 Å². The monoisotopic (exact) mass is 324 g/mol. The van der Waals surface area contributed by atoms with Gasteiger partial charge in [-0.25, -0.2) is 4.99 Å². The van der Waals surface area contributed by atoms with Crippen molar-refractivity contribution in [1.82, 2.24) is 25.4 Å². The van der Waals surface area contributed by atoms with Crippen LogP contribution < -0.4 is 10.6 Å². The Bertz CT molecular complexity index is 483. The minimum atomic E-state index is 0.342. The van der Waals surface area contributed by atoms with E-state index in [0.29, 0.717) is 18.5 Å². The van der Waals surface area contributed by atoms with Gasteiger partial charge in [-0.15, -0.1) is 10.2 Å². The van der Waals surface area contributed by atoms with Crippen LogP contribution in [0.25, 0.3) is 0 Å². The smallest absolute Gasteiger partial charge is 0.191 e. The molecule has 0 spiro atoms. The highest BCUT2D eigenvalue weighted by molar-refractivity contribution is 5.80. The Balaban J connectivity index is 2.61. The van der Waals surface area contributed by atoms with Crippen LogP contribution in [-0.4, -0.2) is 46.5 Å². The van der Waals surface area contributed by atoms with Crippen LogP contribution in [0, 0.1) is 12.8 Å². The Labute approximate surface area is 139 Å². The maximum absolute atomic E-state index is 5.36. The molecule has 1 rings (SSSR count). The molecule has 0 bridgehead atoms. The number of rotatable bonds is 9. The normalized spacial score (nSPS) is 13.4. The van der Waals surface area contributed by atoms with Crippen molar-refractivity contribution in [3.05, 3.63) is 11.6 Å². The van der Waals surface area contributed by atoms with Gasteiger partial charge in [-0.3, -0.25) is 0 Å². The Hall–Kier alpha value is -1.63. The van der Waals surface area contributed by atoms with E-state index < -0.39 is 0 Å². The average molecular weight is 324 g/mol. The molecule has 2 N–H and O–H groups in total. The van der Waals surface area contributed by atoms with Crippen LogP contribution in [0.3, 0.4) is 0 Å². The van der Waals surface area contributed by atoms with Gasteiger partial charge in [0.15, 0.2) is 11.8 Å². The molecule has 0 radical (unpaired) electrons. The van der Waals surface area contributed by atoms with E-state index in [0.717, 1.165) is 43.8 Å². The predicted octanol–water partition coefficient (Wildman–Crippen LogP) is 1.63. The van der Waals surface area contributed by atoms with E-state index in [1.165, 1.54) is 0 Å². The lowest BCUT2D eigenvalue weighted by Gasteiger charge is -2.21. The van der Waals surface area contributed by atoms with E-state index >= 15 is 0 Å². The molecular weight excluding hydrogens is 292 g/mol. The fourth-order valence-electron chi connectivity index (χ4n) is 1.80. The number of aromatic nitrogens is 3. The molecule has 0 aliphatic carbocycles. The molecule has 0 aliphatic heterocycles. The molecule has 0 saturated carbocycles. The highest BCUT2D eigenvalue weighted by Crippen LogP contribution is 2.01. The summed E-state index contributed by atoms with van der Waals surface area (Å²) in [4.78, 5) is 4.64. The summed E-state index contributed by atoms with van der Waals surface area (Å²) < 4.78 is 7.32. The van der Waals surface area contributed by atoms with Crippen LogP contribution in [0.1, 0.15) is 45.8 Å². The topological polar surface area (TPSA) is 76.4 Å². The van der Waals surface area contributed by atoms with E-state index in [1.807, 2.05) is 25.5 Å². The van der Waals surface area contributed by atoms with Crippen molar-refractivity contribution < 1.29 is 4.74 Å². The van der Waals surface area contributed by atoms with Crippen molar-refractivity contribution in [2.24, 2.45) is 18.0 Å². The van der Waals surface area contributed by atoms with E-state index in [1.54, 1.807) is 0 Å². The van der Waals surface area contributed by atoms with Crippen molar-refractivity contribution in [2.75, 3.05) is 19.8 Å². The van der Waals surface area contributed by atoms with Gasteiger partial charge in [-0.1, -0.05) is 13.8 Å². The first kappa shape index (κ1) is 19.4. The van der Waals surface area contributed by atoms with Crippen LogP contribution >= 0.6 is 0 Å². The Morgan fingerprint density at radius 1 is 1.30 bits per heavy atom. The van der Waals surface area contributed by atoms with Crippen molar-refractivity contribution in [1.29, 1.82) is 0 Å². The van der Waals surface area contributed by atoms with Gasteiger partial charge in [0.2, 0.25) is 0 Å². The minimum Gasteiger partial charge on any atom is -0.382 e. The zero-order chi connectivity index (χ0) is 17.2. The third-order valence-electron chi connectivity index (χ3n) is 3.89. The van der Waals surface area contributed by atoms with Gasteiger partial charge in [0.25, 0.3) is 0 Å². The third kappa shape index (κ3) is 6.99. The number of nitrogens with one attached hydrogen (secondary N) is 2. The van der Waals surface area contributed by atoms with E-state index in [4.69, 9.17) is 4.74 Å². The standard InChI is InChI=1S/C16H32N6O/c1-7-23-10-8-9-17-16(19-13(4)12(2)3)18-11-15-21-20-14(5)22(15)6/h12-13H,7-11H2,1-6H3,(H2,17,18,19). The summed E-state index contributed by atoms with van der Waals surface area (Å²) in [5, 5.41) is 15.0. The first-order valence-corrected chi connectivity index (χ1v) is 8.43. The number of ether oxygens (including phenoxy) is 1. The fourth-order valence-corrected chi connectivity index (χ4v) is 1.80. The van der Waals surface area contributed by atoms with E-state index in [9.17, 15) is 0 Å². The van der Waals surface area contributed by atoms with Gasteiger partial charge in [0, 0.05) is 32.8 Å². The van der Waals surface area contributed by atoms with Crippen molar-refractivity contribution in [3.8, 4) is 0 Å². The summed E-state index contributed by atoms with van der Waals surface area (Å²) >= 11 is 0. The van der Waals surface area contributed by atoms with Crippen molar-refractivity contribution in [2.45, 2.75) is 53.6 Å². The van der Waals surface area contributed by atoms with Gasteiger partial charge in [-0.05, 0) is 33.1 Å². The summed E-state index contributed by atoms with van der Waals surface area (Å²) in [7, 11) is 1.96. The molecule has 0 fully saturated rings.